The summed E-state index contributed by atoms with van der Waals surface area (Å²) in [7, 11) is 1.43. The Morgan fingerprint density at radius 1 is 1.35 bits per heavy atom. The summed E-state index contributed by atoms with van der Waals surface area (Å²) in [6.07, 6.45) is 0. The number of hydrogen-bond donors (Lipinski definition) is 1. The first-order valence-electron chi connectivity index (χ1n) is 5.64. The monoisotopic (exact) mass is 355 g/mol. The lowest BCUT2D eigenvalue weighted by Gasteiger charge is -2.22. The summed E-state index contributed by atoms with van der Waals surface area (Å²) in [6.45, 7) is 0.581. The first-order valence-corrected chi connectivity index (χ1v) is 6.76. The van der Waals surface area contributed by atoms with Gasteiger partial charge in [-0.2, -0.15) is 4.39 Å². The summed E-state index contributed by atoms with van der Waals surface area (Å²) < 4.78 is 44.6. The van der Waals surface area contributed by atoms with Crippen LogP contribution in [-0.4, -0.2) is 48.0 Å². The van der Waals surface area contributed by atoms with Crippen LogP contribution in [0.5, 0.6) is 5.75 Å². The van der Waals surface area contributed by atoms with Crippen molar-refractivity contribution in [3.8, 4) is 5.75 Å². The number of phenols is 1. The van der Waals surface area contributed by atoms with E-state index in [9.17, 15) is 18.0 Å². The second-order valence-corrected chi connectivity index (χ2v) is 4.65. The molecule has 20 heavy (non-hydrogen) atoms. The number of benzene rings is 1. The van der Waals surface area contributed by atoms with Crippen molar-refractivity contribution >= 4 is 21.8 Å². The van der Waals surface area contributed by atoms with Gasteiger partial charge in [0, 0.05) is 25.5 Å². The minimum Gasteiger partial charge on any atom is -0.503 e. The van der Waals surface area contributed by atoms with E-state index in [1.54, 1.807) is 0 Å². The summed E-state index contributed by atoms with van der Waals surface area (Å²) in [5.41, 5.74) is -0.724. The van der Waals surface area contributed by atoms with Crippen molar-refractivity contribution < 1.29 is 27.8 Å². The fraction of sp³-hybridized carbons (Fsp3) is 0.417. The largest absolute Gasteiger partial charge is 0.503 e. The summed E-state index contributed by atoms with van der Waals surface area (Å²) in [4.78, 5) is 13.3. The highest BCUT2D eigenvalue weighted by Crippen LogP contribution is 2.26. The number of carbonyl (C=O) groups excluding carboxylic acids is 1. The molecule has 1 aromatic rings. The molecule has 1 rings (SSSR count). The van der Waals surface area contributed by atoms with Crippen LogP contribution in [0, 0.1) is 17.5 Å². The molecule has 0 fully saturated rings. The number of phenolic OH excluding ortho intramolecular Hbond substituents is 1. The van der Waals surface area contributed by atoms with Gasteiger partial charge in [-0.1, -0.05) is 15.9 Å². The van der Waals surface area contributed by atoms with Crippen molar-refractivity contribution in [2.75, 3.05) is 32.1 Å². The lowest BCUT2D eigenvalue weighted by molar-refractivity contribution is 0.0702. The van der Waals surface area contributed by atoms with Crippen molar-refractivity contribution in [1.29, 1.82) is 0 Å². The Morgan fingerprint density at radius 3 is 2.55 bits per heavy atom. The molecule has 8 heteroatoms. The van der Waals surface area contributed by atoms with Crippen molar-refractivity contribution in [2.24, 2.45) is 0 Å². The average molecular weight is 356 g/mol. The molecule has 0 aliphatic rings. The lowest BCUT2D eigenvalue weighted by Crippen LogP contribution is -2.36. The van der Waals surface area contributed by atoms with Gasteiger partial charge < -0.3 is 14.7 Å². The third kappa shape index (κ3) is 3.63. The number of ether oxygens (including phenoxy) is 1. The summed E-state index contributed by atoms with van der Waals surface area (Å²) in [5.74, 6) is -7.04. The van der Waals surface area contributed by atoms with Crippen molar-refractivity contribution in [3.05, 3.63) is 29.1 Å². The summed E-state index contributed by atoms with van der Waals surface area (Å²) >= 11 is 3.13. The standard InChI is InChI=1S/C12H13BrF3NO3/c1-20-5-4-17(3-2-13)12(19)7-6-8(14)10(16)11(18)9(7)15/h6,18H,2-5H2,1H3. The maximum Gasteiger partial charge on any atom is 0.257 e. The number of alkyl halides is 1. The molecule has 0 saturated carbocycles. The first-order chi connectivity index (χ1) is 9.43. The maximum atomic E-state index is 13.7. The highest BCUT2D eigenvalue weighted by Gasteiger charge is 2.25. The van der Waals surface area contributed by atoms with E-state index in [0.29, 0.717) is 11.4 Å². The molecule has 0 aliphatic heterocycles. The van der Waals surface area contributed by atoms with E-state index in [4.69, 9.17) is 9.84 Å². The minimum absolute atomic E-state index is 0.153. The zero-order valence-corrected chi connectivity index (χ0v) is 12.2. The normalized spacial score (nSPS) is 10.7. The van der Waals surface area contributed by atoms with Crippen LogP contribution in [0.15, 0.2) is 6.07 Å². The quantitative estimate of drug-likeness (QED) is 0.629. The molecule has 112 valence electrons. The van der Waals surface area contributed by atoms with Crippen LogP contribution in [0.4, 0.5) is 13.2 Å². The Hall–Kier alpha value is -1.28. The van der Waals surface area contributed by atoms with Crippen LogP contribution in [-0.2, 0) is 4.74 Å². The molecule has 0 aromatic heterocycles. The molecule has 0 saturated heterocycles. The van der Waals surface area contributed by atoms with E-state index in [1.165, 1.54) is 12.0 Å². The fourth-order valence-electron chi connectivity index (χ4n) is 1.53. The molecule has 0 bridgehead atoms. The number of aromatic hydroxyl groups is 1. The van der Waals surface area contributed by atoms with Gasteiger partial charge in [0.1, 0.15) is 0 Å². The highest BCUT2D eigenvalue weighted by molar-refractivity contribution is 9.09. The molecule has 1 aromatic carbocycles. The number of methoxy groups -OCH3 is 1. The van der Waals surface area contributed by atoms with Crippen LogP contribution in [0.3, 0.4) is 0 Å². The third-order valence-electron chi connectivity index (χ3n) is 2.57. The van der Waals surface area contributed by atoms with E-state index in [1.807, 2.05) is 0 Å². The number of halogens is 4. The number of carbonyl (C=O) groups is 1. The molecule has 0 atom stereocenters. The van der Waals surface area contributed by atoms with Gasteiger partial charge in [0.2, 0.25) is 5.82 Å². The summed E-state index contributed by atoms with van der Waals surface area (Å²) in [6, 6.07) is 0.431. The maximum absolute atomic E-state index is 13.7. The van der Waals surface area contributed by atoms with Gasteiger partial charge in [-0.3, -0.25) is 4.79 Å². The SMILES string of the molecule is COCCN(CCBr)C(=O)c1cc(F)c(F)c(O)c1F. The molecule has 1 amide bonds. The molecule has 0 spiro atoms. The van der Waals surface area contributed by atoms with E-state index in [-0.39, 0.29) is 19.7 Å². The van der Waals surface area contributed by atoms with Gasteiger partial charge >= 0.3 is 0 Å². The Morgan fingerprint density at radius 2 is 2.00 bits per heavy atom. The van der Waals surface area contributed by atoms with Crippen LogP contribution >= 0.6 is 15.9 Å². The molecule has 0 heterocycles. The number of hydrogen-bond acceptors (Lipinski definition) is 3. The second kappa shape index (κ2) is 7.49. The fourth-order valence-corrected chi connectivity index (χ4v) is 1.96. The van der Waals surface area contributed by atoms with E-state index >= 15 is 0 Å². The second-order valence-electron chi connectivity index (χ2n) is 3.86. The zero-order chi connectivity index (χ0) is 15.3. The van der Waals surface area contributed by atoms with Gasteiger partial charge in [-0.25, -0.2) is 8.78 Å². The third-order valence-corrected chi connectivity index (χ3v) is 2.93. The zero-order valence-electron chi connectivity index (χ0n) is 10.6. The van der Waals surface area contributed by atoms with Gasteiger partial charge in [-0.15, -0.1) is 0 Å². The highest BCUT2D eigenvalue weighted by atomic mass is 79.9. The molecule has 1 N–H and O–H groups in total. The van der Waals surface area contributed by atoms with Crippen molar-refractivity contribution in [2.45, 2.75) is 0 Å². The van der Waals surface area contributed by atoms with Crippen molar-refractivity contribution in [3.63, 3.8) is 0 Å². The number of rotatable bonds is 6. The molecule has 0 aliphatic carbocycles. The van der Waals surface area contributed by atoms with Gasteiger partial charge in [-0.05, 0) is 6.07 Å². The Kier molecular flexibility index (Phi) is 6.28. The van der Waals surface area contributed by atoms with Gasteiger partial charge in [0.25, 0.3) is 5.91 Å². The Labute approximate surface area is 122 Å². The molecule has 0 radical (unpaired) electrons. The number of amides is 1. The Bertz CT molecular complexity index is 499. The molecular formula is C12H13BrF3NO3. The van der Waals surface area contributed by atoms with Gasteiger partial charge in [0.05, 0.1) is 12.2 Å². The van der Waals surface area contributed by atoms with Crippen LogP contribution in [0.2, 0.25) is 0 Å². The summed E-state index contributed by atoms with van der Waals surface area (Å²) in [5, 5.41) is 9.53. The first kappa shape index (κ1) is 16.8. The van der Waals surface area contributed by atoms with E-state index < -0.39 is 34.7 Å². The van der Waals surface area contributed by atoms with Crippen LogP contribution in [0.1, 0.15) is 10.4 Å². The topological polar surface area (TPSA) is 49.8 Å². The van der Waals surface area contributed by atoms with E-state index in [2.05, 4.69) is 15.9 Å². The lowest BCUT2D eigenvalue weighted by atomic mass is 10.1. The van der Waals surface area contributed by atoms with Crippen LogP contribution < -0.4 is 0 Å². The average Bonchev–Trinajstić information content (AvgIpc) is 2.44. The molecule has 4 nitrogen and oxygen atoms in total. The molecular weight excluding hydrogens is 343 g/mol. The van der Waals surface area contributed by atoms with Crippen molar-refractivity contribution in [1.82, 2.24) is 4.90 Å². The smallest absolute Gasteiger partial charge is 0.257 e. The van der Waals surface area contributed by atoms with Crippen LogP contribution in [0.25, 0.3) is 0 Å². The predicted molar refractivity (Wildman–Crippen MR) is 69.6 cm³/mol. The predicted octanol–water partition coefficient (Wildman–Crippen LogP) is 2.29. The minimum atomic E-state index is -1.72. The van der Waals surface area contributed by atoms with Gasteiger partial charge in [0.15, 0.2) is 17.4 Å². The molecule has 0 unspecified atom stereocenters. The number of nitrogens with zero attached hydrogens (tertiary/aromatic N) is 1. The van der Waals surface area contributed by atoms with E-state index in [0.717, 1.165) is 0 Å². The Balaban J connectivity index is 3.11.